The molecule has 1 saturated heterocycles. The van der Waals surface area contributed by atoms with Crippen LogP contribution in [0.4, 0.5) is 4.79 Å². The molecule has 1 atom stereocenters. The lowest BCUT2D eigenvalue weighted by Crippen LogP contribution is -2.49. The highest BCUT2D eigenvalue weighted by molar-refractivity contribution is 7.99. The van der Waals surface area contributed by atoms with Gasteiger partial charge in [0.2, 0.25) is 5.91 Å². The van der Waals surface area contributed by atoms with Gasteiger partial charge >= 0.3 is 6.09 Å². The van der Waals surface area contributed by atoms with Crippen LogP contribution >= 0.6 is 35.0 Å². The minimum Gasteiger partial charge on any atom is -0.445 e. The Labute approximate surface area is 179 Å². The van der Waals surface area contributed by atoms with E-state index < -0.39 is 12.1 Å². The van der Waals surface area contributed by atoms with Crippen molar-refractivity contribution < 1.29 is 14.3 Å². The minimum absolute atomic E-state index is 0.0437. The second kappa shape index (κ2) is 10.1. The molecule has 1 heterocycles. The molecule has 2 fully saturated rings. The van der Waals surface area contributed by atoms with E-state index in [1.807, 2.05) is 4.90 Å². The smallest absolute Gasteiger partial charge is 0.407 e. The van der Waals surface area contributed by atoms with E-state index >= 15 is 0 Å². The number of hydrogen-bond donors (Lipinski definition) is 2. The van der Waals surface area contributed by atoms with E-state index in [-0.39, 0.29) is 24.5 Å². The molecule has 154 valence electrons. The largest absolute Gasteiger partial charge is 0.445 e. The number of amides is 2. The van der Waals surface area contributed by atoms with Gasteiger partial charge in [0.05, 0.1) is 22.0 Å². The van der Waals surface area contributed by atoms with Gasteiger partial charge in [0.1, 0.15) is 6.61 Å². The number of nitrogens with one attached hydrogen (secondary N) is 1. The van der Waals surface area contributed by atoms with Crippen LogP contribution in [0, 0.1) is 5.92 Å². The summed E-state index contributed by atoms with van der Waals surface area (Å²) in [5.41, 5.74) is 7.00. The van der Waals surface area contributed by atoms with Crippen LogP contribution in [0.3, 0.4) is 0 Å². The van der Waals surface area contributed by atoms with E-state index in [0.717, 1.165) is 49.4 Å². The maximum Gasteiger partial charge on any atom is 0.407 e. The topological polar surface area (TPSA) is 84.7 Å². The molecule has 2 aliphatic rings. The standard InChI is InChI=1S/C19H25Cl2N3O3S/c20-15-6-1-12(9-16(15)21)10-27-19(26)23-14-4-2-13(3-5-14)17(22)18(25)24-7-8-28-11-24/h1,6,9,13-14,17H,2-5,7-8,10-11,22H2,(H,23,26)/t13?,14?,17-/m0/s1. The molecule has 0 aromatic heterocycles. The van der Waals surface area contributed by atoms with Crippen molar-refractivity contribution in [3.8, 4) is 0 Å². The van der Waals surface area contributed by atoms with Crippen molar-refractivity contribution in [2.45, 2.75) is 44.4 Å². The van der Waals surface area contributed by atoms with Gasteiger partial charge in [-0.2, -0.15) is 0 Å². The fourth-order valence-corrected chi connectivity index (χ4v) is 4.89. The molecule has 0 unspecified atom stereocenters. The molecule has 1 aliphatic heterocycles. The van der Waals surface area contributed by atoms with Crippen molar-refractivity contribution in [2.24, 2.45) is 11.7 Å². The zero-order valence-electron chi connectivity index (χ0n) is 15.5. The van der Waals surface area contributed by atoms with E-state index in [1.54, 1.807) is 30.0 Å². The first-order chi connectivity index (χ1) is 13.4. The monoisotopic (exact) mass is 445 g/mol. The highest BCUT2D eigenvalue weighted by Gasteiger charge is 2.33. The van der Waals surface area contributed by atoms with Crippen LogP contribution in [0.2, 0.25) is 10.0 Å². The molecule has 0 spiro atoms. The lowest BCUT2D eigenvalue weighted by atomic mass is 9.81. The first-order valence-electron chi connectivity index (χ1n) is 9.43. The molecule has 1 aliphatic carbocycles. The maximum atomic E-state index is 12.4. The second-order valence-electron chi connectivity index (χ2n) is 7.25. The van der Waals surface area contributed by atoms with E-state index in [1.165, 1.54) is 0 Å². The third-order valence-electron chi connectivity index (χ3n) is 5.31. The SMILES string of the molecule is N[C@H](C(=O)N1CCSC1)C1CCC(NC(=O)OCc2ccc(Cl)c(Cl)c2)CC1. The summed E-state index contributed by atoms with van der Waals surface area (Å²) < 4.78 is 5.27. The summed E-state index contributed by atoms with van der Waals surface area (Å²) in [7, 11) is 0. The molecule has 2 amide bonds. The Morgan fingerprint density at radius 2 is 2.00 bits per heavy atom. The summed E-state index contributed by atoms with van der Waals surface area (Å²) >= 11 is 13.6. The number of ether oxygens (including phenoxy) is 1. The Kier molecular flexibility index (Phi) is 7.74. The zero-order valence-corrected chi connectivity index (χ0v) is 17.9. The minimum atomic E-state index is -0.455. The zero-order chi connectivity index (χ0) is 20.1. The van der Waals surface area contributed by atoms with E-state index in [0.29, 0.717) is 10.0 Å². The van der Waals surface area contributed by atoms with Crippen LogP contribution in [0.25, 0.3) is 0 Å². The van der Waals surface area contributed by atoms with E-state index in [4.69, 9.17) is 33.7 Å². The van der Waals surface area contributed by atoms with Crippen molar-refractivity contribution in [3.05, 3.63) is 33.8 Å². The number of thioether (sulfide) groups is 1. The van der Waals surface area contributed by atoms with Crippen molar-refractivity contribution >= 4 is 47.0 Å². The Balaban J connectivity index is 1.39. The molecule has 28 heavy (non-hydrogen) atoms. The molecule has 0 radical (unpaired) electrons. The molecule has 0 bridgehead atoms. The number of hydrogen-bond acceptors (Lipinski definition) is 5. The highest BCUT2D eigenvalue weighted by atomic mass is 35.5. The number of carbonyl (C=O) groups is 2. The molecule has 1 saturated carbocycles. The summed E-state index contributed by atoms with van der Waals surface area (Å²) in [5.74, 6) is 1.96. The number of halogens is 2. The molecule has 9 heteroatoms. The highest BCUT2D eigenvalue weighted by Crippen LogP contribution is 2.28. The van der Waals surface area contributed by atoms with Crippen LogP contribution < -0.4 is 11.1 Å². The van der Waals surface area contributed by atoms with Crippen LogP contribution in [0.5, 0.6) is 0 Å². The molecular formula is C19H25Cl2N3O3S. The van der Waals surface area contributed by atoms with Gasteiger partial charge in [-0.15, -0.1) is 11.8 Å². The second-order valence-corrected chi connectivity index (χ2v) is 9.13. The first kappa shape index (κ1) is 21.6. The Bertz CT molecular complexity index is 708. The normalized spacial score (nSPS) is 23.3. The number of carbonyl (C=O) groups excluding carboxylic acids is 2. The molecule has 1 aromatic rings. The van der Waals surface area contributed by atoms with Gasteiger partial charge in [-0.1, -0.05) is 29.3 Å². The molecule has 3 N–H and O–H groups in total. The fourth-order valence-electron chi connectivity index (χ4n) is 3.61. The predicted molar refractivity (Wildman–Crippen MR) is 113 cm³/mol. The molecule has 3 rings (SSSR count). The van der Waals surface area contributed by atoms with E-state index in [2.05, 4.69) is 5.32 Å². The van der Waals surface area contributed by atoms with Gasteiger partial charge in [-0.25, -0.2) is 4.79 Å². The number of benzene rings is 1. The molecule has 1 aromatic carbocycles. The lowest BCUT2D eigenvalue weighted by molar-refractivity contribution is -0.132. The van der Waals surface area contributed by atoms with Crippen LogP contribution in [-0.2, 0) is 16.1 Å². The van der Waals surface area contributed by atoms with Gasteiger partial charge in [-0.05, 0) is 49.3 Å². The quantitative estimate of drug-likeness (QED) is 0.722. The number of rotatable bonds is 5. The van der Waals surface area contributed by atoms with Gasteiger partial charge < -0.3 is 20.7 Å². The molecule has 6 nitrogen and oxygen atoms in total. The average molecular weight is 446 g/mol. The van der Waals surface area contributed by atoms with Gasteiger partial charge in [0.15, 0.2) is 0 Å². The Morgan fingerprint density at radius 3 is 2.64 bits per heavy atom. The number of nitrogens with zero attached hydrogens (tertiary/aromatic N) is 1. The lowest BCUT2D eigenvalue weighted by Gasteiger charge is -2.33. The Hall–Kier alpha value is -1.15. The number of alkyl carbamates (subject to hydrolysis) is 1. The van der Waals surface area contributed by atoms with Crippen LogP contribution in [-0.4, -0.2) is 47.2 Å². The van der Waals surface area contributed by atoms with Crippen molar-refractivity contribution in [1.82, 2.24) is 10.2 Å². The summed E-state index contributed by atoms with van der Waals surface area (Å²) in [4.78, 5) is 26.4. The Morgan fingerprint density at radius 1 is 1.25 bits per heavy atom. The van der Waals surface area contributed by atoms with Crippen LogP contribution in [0.1, 0.15) is 31.2 Å². The summed E-state index contributed by atoms with van der Waals surface area (Å²) in [6.07, 6.45) is 2.78. The average Bonchev–Trinajstić information content (AvgIpc) is 3.23. The maximum absolute atomic E-state index is 12.4. The summed E-state index contributed by atoms with van der Waals surface area (Å²) in [6.45, 7) is 0.921. The van der Waals surface area contributed by atoms with Crippen LogP contribution in [0.15, 0.2) is 18.2 Å². The van der Waals surface area contributed by atoms with Crippen molar-refractivity contribution in [2.75, 3.05) is 18.2 Å². The van der Waals surface area contributed by atoms with Crippen molar-refractivity contribution in [1.29, 1.82) is 0 Å². The first-order valence-corrected chi connectivity index (χ1v) is 11.3. The molecular weight excluding hydrogens is 421 g/mol. The third-order valence-corrected chi connectivity index (χ3v) is 7.01. The third kappa shape index (κ3) is 5.69. The number of nitrogens with two attached hydrogens (primary N) is 1. The summed E-state index contributed by atoms with van der Waals surface area (Å²) in [6, 6.07) is 4.72. The van der Waals surface area contributed by atoms with Crippen molar-refractivity contribution in [3.63, 3.8) is 0 Å². The van der Waals surface area contributed by atoms with Gasteiger partial charge in [0.25, 0.3) is 0 Å². The fraction of sp³-hybridized carbons (Fsp3) is 0.579. The van der Waals surface area contributed by atoms with Gasteiger partial charge in [0, 0.05) is 18.3 Å². The summed E-state index contributed by atoms with van der Waals surface area (Å²) in [5, 5.41) is 3.79. The van der Waals surface area contributed by atoms with E-state index in [9.17, 15) is 9.59 Å². The van der Waals surface area contributed by atoms with Gasteiger partial charge in [-0.3, -0.25) is 4.79 Å². The predicted octanol–water partition coefficient (Wildman–Crippen LogP) is 3.64.